The number of sulfonamides is 1. The van der Waals surface area contributed by atoms with Gasteiger partial charge in [-0.2, -0.15) is 0 Å². The number of aromatic nitrogens is 2. The van der Waals surface area contributed by atoms with Crippen molar-refractivity contribution >= 4 is 38.2 Å². The molecule has 0 bridgehead atoms. The maximum Gasteiger partial charge on any atom is 0.264 e. The van der Waals surface area contributed by atoms with Crippen LogP contribution >= 0.6 is 0 Å². The first-order valence-electron chi connectivity index (χ1n) is 13.9. The molecule has 1 saturated carbocycles. The van der Waals surface area contributed by atoms with Crippen LogP contribution in [0.3, 0.4) is 0 Å². The number of carbonyl (C=O) groups excluding carboxylic acids is 1. The monoisotopic (exact) mass is 589 g/mol. The van der Waals surface area contributed by atoms with E-state index in [-0.39, 0.29) is 17.5 Å². The molecule has 0 atom stereocenters. The van der Waals surface area contributed by atoms with Gasteiger partial charge >= 0.3 is 0 Å². The highest BCUT2D eigenvalue weighted by molar-refractivity contribution is 7.92. The van der Waals surface area contributed by atoms with Crippen LogP contribution in [-0.2, 0) is 20.2 Å². The van der Waals surface area contributed by atoms with Crippen molar-refractivity contribution < 1.29 is 22.3 Å². The fourth-order valence-corrected chi connectivity index (χ4v) is 6.99. The van der Waals surface area contributed by atoms with Gasteiger partial charge in [0.1, 0.15) is 16.4 Å². The topological polar surface area (TPSA) is 105 Å². The van der Waals surface area contributed by atoms with Crippen LogP contribution in [0.5, 0.6) is 5.88 Å². The number of pyridine rings is 2. The molecule has 1 aliphatic heterocycles. The summed E-state index contributed by atoms with van der Waals surface area (Å²) in [6.45, 7) is 1.10. The standard InChI is InChI=1S/C31H32FN5O4S/c1-36(2)14-7-15-41-29-25(35-42(39,40)27-9-5-4-8-23(27)32)17-21(18-34-29)20-10-11-24-22(16-20)28-26(19-33-24)37(3)30(38)31(28)12-6-13-31/h4-5,8-11,16-19,35H,6-7,12-15H2,1-3H3. The van der Waals surface area contributed by atoms with Gasteiger partial charge in [-0.05, 0) is 69.3 Å². The highest BCUT2D eigenvalue weighted by Crippen LogP contribution is 2.55. The summed E-state index contributed by atoms with van der Waals surface area (Å²) in [5, 5.41) is 0.889. The third-order valence-electron chi connectivity index (χ3n) is 8.15. The molecule has 2 aromatic carbocycles. The quantitative estimate of drug-likeness (QED) is 0.275. The summed E-state index contributed by atoms with van der Waals surface area (Å²) in [4.78, 5) is 25.6. The van der Waals surface area contributed by atoms with Crippen LogP contribution in [0.4, 0.5) is 15.8 Å². The third-order valence-corrected chi connectivity index (χ3v) is 9.55. The number of halogens is 1. The Labute approximate surface area is 244 Å². The normalized spacial score (nSPS) is 15.7. The zero-order valence-corrected chi connectivity index (χ0v) is 24.5. The molecule has 0 radical (unpaired) electrons. The second kappa shape index (κ2) is 10.6. The number of fused-ring (bicyclic) bond motifs is 4. The molecule has 3 heterocycles. The van der Waals surface area contributed by atoms with Crippen molar-refractivity contribution in [1.82, 2.24) is 14.9 Å². The van der Waals surface area contributed by atoms with Gasteiger partial charge in [0.25, 0.3) is 10.0 Å². The Bertz CT molecular complexity index is 1810. The SMILES string of the molecule is CN(C)CCCOc1ncc(-c2ccc3ncc4c(c3c2)C2(CCC2)C(=O)N4C)cc1NS(=O)(=O)c1ccccc1F. The minimum Gasteiger partial charge on any atom is -0.476 e. The average molecular weight is 590 g/mol. The van der Waals surface area contributed by atoms with Gasteiger partial charge in [-0.25, -0.2) is 17.8 Å². The molecule has 2 aromatic heterocycles. The highest BCUT2D eigenvalue weighted by Gasteiger charge is 2.54. The molecule has 42 heavy (non-hydrogen) atoms. The van der Waals surface area contributed by atoms with Crippen molar-refractivity contribution in [3.8, 4) is 17.0 Å². The van der Waals surface area contributed by atoms with Crippen molar-refractivity contribution in [1.29, 1.82) is 0 Å². The first-order valence-corrected chi connectivity index (χ1v) is 15.4. The average Bonchev–Trinajstić information content (AvgIpc) is 3.18. The minimum absolute atomic E-state index is 0.0985. The van der Waals surface area contributed by atoms with Crippen LogP contribution in [0.25, 0.3) is 22.0 Å². The zero-order valence-electron chi connectivity index (χ0n) is 23.7. The number of nitrogens with zero attached hydrogens (tertiary/aromatic N) is 4. The van der Waals surface area contributed by atoms with Crippen molar-refractivity contribution in [2.45, 2.75) is 36.0 Å². The summed E-state index contributed by atoms with van der Waals surface area (Å²) < 4.78 is 49.3. The van der Waals surface area contributed by atoms with Crippen LogP contribution in [-0.4, -0.2) is 63.5 Å². The summed E-state index contributed by atoms with van der Waals surface area (Å²) in [5.74, 6) is -0.657. The number of benzene rings is 2. The van der Waals surface area contributed by atoms with E-state index in [2.05, 4.69) is 14.7 Å². The maximum absolute atomic E-state index is 14.5. The van der Waals surface area contributed by atoms with Gasteiger partial charge in [0, 0.05) is 36.3 Å². The third kappa shape index (κ3) is 4.76. The van der Waals surface area contributed by atoms with Gasteiger partial charge in [0.2, 0.25) is 11.8 Å². The molecule has 0 saturated heterocycles. The Morgan fingerprint density at radius 3 is 2.57 bits per heavy atom. The lowest BCUT2D eigenvalue weighted by Crippen LogP contribution is -2.43. The Morgan fingerprint density at radius 2 is 1.86 bits per heavy atom. The largest absolute Gasteiger partial charge is 0.476 e. The van der Waals surface area contributed by atoms with Gasteiger partial charge < -0.3 is 14.5 Å². The summed E-state index contributed by atoms with van der Waals surface area (Å²) in [5.41, 5.74) is 3.58. The molecule has 2 aliphatic rings. The highest BCUT2D eigenvalue weighted by atomic mass is 32.2. The Morgan fingerprint density at radius 1 is 1.07 bits per heavy atom. The molecular weight excluding hydrogens is 557 g/mol. The first kappa shape index (κ1) is 28.0. The van der Waals surface area contributed by atoms with Crippen molar-refractivity contribution in [3.05, 3.63) is 72.3 Å². The van der Waals surface area contributed by atoms with Crippen LogP contribution in [0.15, 0.2) is 65.8 Å². The molecule has 1 aliphatic carbocycles. The predicted octanol–water partition coefficient (Wildman–Crippen LogP) is 4.97. The van der Waals surface area contributed by atoms with Crippen molar-refractivity contribution in [3.63, 3.8) is 0 Å². The Hall–Kier alpha value is -4.09. The number of amides is 1. The van der Waals surface area contributed by atoms with Gasteiger partial charge in [-0.1, -0.05) is 24.6 Å². The fourth-order valence-electron chi connectivity index (χ4n) is 5.86. The van der Waals surface area contributed by atoms with E-state index in [1.54, 1.807) is 30.4 Å². The van der Waals surface area contributed by atoms with Crippen LogP contribution in [0.2, 0.25) is 0 Å². The van der Waals surface area contributed by atoms with E-state index in [1.165, 1.54) is 18.2 Å². The molecule has 218 valence electrons. The van der Waals surface area contributed by atoms with E-state index in [9.17, 15) is 17.6 Å². The zero-order chi connectivity index (χ0) is 29.6. The Kier molecular flexibility index (Phi) is 7.10. The lowest BCUT2D eigenvalue weighted by molar-refractivity contribution is -0.125. The van der Waals surface area contributed by atoms with Gasteiger partial charge in [-0.3, -0.25) is 14.5 Å². The van der Waals surface area contributed by atoms with Gasteiger partial charge in [-0.15, -0.1) is 0 Å². The number of rotatable bonds is 9. The summed E-state index contributed by atoms with van der Waals surface area (Å²) in [6, 6.07) is 12.6. The van der Waals surface area contributed by atoms with Gasteiger partial charge in [0.05, 0.1) is 29.4 Å². The number of anilines is 2. The molecule has 1 amide bonds. The van der Waals surface area contributed by atoms with E-state index in [0.29, 0.717) is 18.6 Å². The lowest BCUT2D eigenvalue weighted by Gasteiger charge is -2.37. The molecule has 1 N–H and O–H groups in total. The second-order valence-electron chi connectivity index (χ2n) is 11.2. The number of hydrogen-bond donors (Lipinski definition) is 1. The first-order chi connectivity index (χ1) is 20.1. The summed E-state index contributed by atoms with van der Waals surface area (Å²) >= 11 is 0. The number of hydrogen-bond acceptors (Lipinski definition) is 7. The second-order valence-corrected chi connectivity index (χ2v) is 12.8. The molecule has 9 nitrogen and oxygen atoms in total. The van der Waals surface area contributed by atoms with Crippen LogP contribution < -0.4 is 14.4 Å². The number of ether oxygens (including phenoxy) is 1. The van der Waals surface area contributed by atoms with Crippen LogP contribution in [0, 0.1) is 5.82 Å². The molecule has 0 unspecified atom stereocenters. The van der Waals surface area contributed by atoms with Gasteiger partial charge in [0.15, 0.2) is 0 Å². The molecule has 4 aromatic rings. The minimum atomic E-state index is -4.28. The molecular formula is C31H32FN5O4S. The lowest BCUT2D eigenvalue weighted by atomic mass is 9.64. The van der Waals surface area contributed by atoms with E-state index in [1.807, 2.05) is 37.2 Å². The maximum atomic E-state index is 14.5. The van der Waals surface area contributed by atoms with E-state index >= 15 is 0 Å². The van der Waals surface area contributed by atoms with Crippen LogP contribution in [0.1, 0.15) is 31.2 Å². The number of nitrogens with one attached hydrogen (secondary N) is 1. The van der Waals surface area contributed by atoms with E-state index in [4.69, 9.17) is 4.74 Å². The fraction of sp³-hybridized carbons (Fsp3) is 0.323. The molecule has 6 rings (SSSR count). The van der Waals surface area contributed by atoms with E-state index < -0.39 is 26.2 Å². The smallest absolute Gasteiger partial charge is 0.264 e. The number of carbonyl (C=O) groups is 1. The summed E-state index contributed by atoms with van der Waals surface area (Å²) in [6.07, 6.45) is 6.69. The number of likely N-dealkylation sites (N-methyl/N-ethyl adjacent to an activating group) is 1. The molecule has 11 heteroatoms. The van der Waals surface area contributed by atoms with Crippen molar-refractivity contribution in [2.75, 3.05) is 43.9 Å². The molecule has 1 fully saturated rings. The molecule has 1 spiro atoms. The predicted molar refractivity (Wildman–Crippen MR) is 160 cm³/mol. The summed E-state index contributed by atoms with van der Waals surface area (Å²) in [7, 11) is 1.42. The Balaban J connectivity index is 1.41. The van der Waals surface area contributed by atoms with Crippen molar-refractivity contribution in [2.24, 2.45) is 0 Å². The van der Waals surface area contributed by atoms with E-state index in [0.717, 1.165) is 59.6 Å².